The van der Waals surface area contributed by atoms with Crippen LogP contribution in [0.1, 0.15) is 48.2 Å². The van der Waals surface area contributed by atoms with E-state index in [1.54, 1.807) is 0 Å². The minimum Gasteiger partial charge on any atom is -0.370 e. The van der Waals surface area contributed by atoms with Gasteiger partial charge in [-0.3, -0.25) is 0 Å². The molecule has 1 atom stereocenters. The molecule has 1 fully saturated rings. The summed E-state index contributed by atoms with van der Waals surface area (Å²) in [5, 5.41) is 3.67. The fourth-order valence-corrected chi connectivity index (χ4v) is 4.29. The summed E-state index contributed by atoms with van der Waals surface area (Å²) in [6.45, 7) is 1.42. The third kappa shape index (κ3) is 4.40. The molecule has 0 aliphatic carbocycles. The van der Waals surface area contributed by atoms with Gasteiger partial charge >= 0.3 is 0 Å². The second kappa shape index (κ2) is 9.04. The Morgan fingerprint density at radius 1 is 0.968 bits per heavy atom. The molecular weight excluding hydrogens is 410 g/mol. The number of rotatable bonds is 6. The number of aromatic amines is 1. The molecule has 31 heavy (non-hydrogen) atoms. The first-order valence-electron chi connectivity index (χ1n) is 10.7. The number of hydrogen-bond acceptors (Lipinski definition) is 5. The maximum absolute atomic E-state index is 6.22. The highest BCUT2D eigenvalue weighted by molar-refractivity contribution is 6.28. The van der Waals surface area contributed by atoms with Gasteiger partial charge in [-0.15, -0.1) is 0 Å². The Kier molecular flexibility index (Phi) is 5.82. The summed E-state index contributed by atoms with van der Waals surface area (Å²) in [5.74, 6) is 1.61. The number of nitrogens with one attached hydrogen (secondary N) is 2. The maximum atomic E-state index is 6.22. The van der Waals surface area contributed by atoms with E-state index in [0.717, 1.165) is 37.2 Å². The van der Waals surface area contributed by atoms with Crippen LogP contribution in [0, 0.1) is 0 Å². The van der Waals surface area contributed by atoms with E-state index in [1.807, 2.05) is 12.1 Å². The molecule has 0 radical (unpaired) electrons. The van der Waals surface area contributed by atoms with Gasteiger partial charge in [-0.25, -0.2) is 4.98 Å². The summed E-state index contributed by atoms with van der Waals surface area (Å²) < 4.78 is 5.88. The molecule has 1 saturated heterocycles. The molecule has 1 unspecified atom stereocenters. The lowest BCUT2D eigenvalue weighted by Gasteiger charge is -2.20. The highest BCUT2D eigenvalue weighted by Gasteiger charge is 2.22. The molecular formula is C24H24ClN5O. The third-order valence-electron chi connectivity index (χ3n) is 5.70. The number of fused-ring (bicyclic) bond motifs is 1. The summed E-state index contributed by atoms with van der Waals surface area (Å²) in [6.07, 6.45) is 3.15. The van der Waals surface area contributed by atoms with Crippen molar-refractivity contribution in [1.29, 1.82) is 0 Å². The molecule has 4 aromatic rings. The van der Waals surface area contributed by atoms with Crippen LogP contribution < -0.4 is 5.32 Å². The zero-order valence-corrected chi connectivity index (χ0v) is 17.8. The smallest absolute Gasteiger partial charge is 0.226 e. The summed E-state index contributed by atoms with van der Waals surface area (Å²) in [4.78, 5) is 16.8. The Hall–Kier alpha value is -2.96. The fraction of sp³-hybridized carbons (Fsp3) is 0.292. The Bertz CT molecular complexity index is 1100. The van der Waals surface area contributed by atoms with E-state index in [0.29, 0.717) is 18.0 Å². The van der Waals surface area contributed by atoms with Crippen LogP contribution in [0.2, 0.25) is 5.28 Å². The maximum Gasteiger partial charge on any atom is 0.226 e. The average molecular weight is 434 g/mol. The topological polar surface area (TPSA) is 75.7 Å². The quantitative estimate of drug-likeness (QED) is 0.393. The van der Waals surface area contributed by atoms with Gasteiger partial charge < -0.3 is 15.0 Å². The van der Waals surface area contributed by atoms with Crippen LogP contribution in [0.3, 0.4) is 0 Å². The summed E-state index contributed by atoms with van der Waals surface area (Å²) in [6, 6.07) is 20.9. The van der Waals surface area contributed by atoms with Gasteiger partial charge in [0.25, 0.3) is 0 Å². The van der Waals surface area contributed by atoms with Gasteiger partial charge in [0.2, 0.25) is 5.28 Å². The largest absolute Gasteiger partial charge is 0.370 e. The van der Waals surface area contributed by atoms with Crippen molar-refractivity contribution < 1.29 is 4.74 Å². The van der Waals surface area contributed by atoms with Crippen molar-refractivity contribution in [1.82, 2.24) is 19.9 Å². The van der Waals surface area contributed by atoms with Gasteiger partial charge in [-0.1, -0.05) is 60.7 Å². The molecule has 5 rings (SSSR count). The predicted octanol–water partition coefficient (Wildman–Crippen LogP) is 5.49. The van der Waals surface area contributed by atoms with E-state index in [4.69, 9.17) is 16.3 Å². The van der Waals surface area contributed by atoms with Gasteiger partial charge in [0.1, 0.15) is 17.4 Å². The first-order chi connectivity index (χ1) is 15.3. The molecule has 1 aliphatic heterocycles. The normalized spacial score (nSPS) is 16.6. The number of aromatic nitrogens is 4. The van der Waals surface area contributed by atoms with E-state index in [2.05, 4.69) is 73.8 Å². The fourth-order valence-electron chi connectivity index (χ4n) is 4.12. The van der Waals surface area contributed by atoms with Crippen molar-refractivity contribution in [2.75, 3.05) is 18.5 Å². The monoisotopic (exact) mass is 433 g/mol. The van der Waals surface area contributed by atoms with Gasteiger partial charge in [-0.2, -0.15) is 9.97 Å². The minimum absolute atomic E-state index is 0.0315. The molecule has 0 amide bonds. The zero-order valence-electron chi connectivity index (χ0n) is 17.1. The average Bonchev–Trinajstić information content (AvgIpc) is 3.25. The SMILES string of the molecule is Clc1nc(NCC(c2ccccc2)c2ccccc2)c2[nH]c(C3CCCCO3)nc2n1. The van der Waals surface area contributed by atoms with Crippen molar-refractivity contribution >= 4 is 28.6 Å². The number of ether oxygens (including phenoxy) is 1. The van der Waals surface area contributed by atoms with Crippen molar-refractivity contribution in [3.63, 3.8) is 0 Å². The van der Waals surface area contributed by atoms with Crippen LogP contribution in [0.25, 0.3) is 11.2 Å². The van der Waals surface area contributed by atoms with Gasteiger partial charge in [-0.05, 0) is 42.0 Å². The number of imidazole rings is 1. The van der Waals surface area contributed by atoms with Crippen LogP contribution >= 0.6 is 11.6 Å². The number of nitrogens with zero attached hydrogens (tertiary/aromatic N) is 3. The number of benzene rings is 2. The number of halogens is 1. The molecule has 0 bridgehead atoms. The van der Waals surface area contributed by atoms with Crippen molar-refractivity contribution in [2.45, 2.75) is 31.3 Å². The minimum atomic E-state index is -0.0315. The van der Waals surface area contributed by atoms with Crippen molar-refractivity contribution in [3.8, 4) is 0 Å². The molecule has 0 spiro atoms. The van der Waals surface area contributed by atoms with Crippen molar-refractivity contribution in [3.05, 3.63) is 82.9 Å². The standard InChI is InChI=1S/C24H24ClN5O/c25-24-29-22(20-23(30-24)28-21(27-20)19-13-7-8-14-31-19)26-15-18(16-9-3-1-4-10-16)17-11-5-2-6-12-17/h1-6,9-12,18-19H,7-8,13-15H2,(H2,26,27,28,29,30). The number of H-pyrrole nitrogens is 1. The number of hydrogen-bond donors (Lipinski definition) is 2. The first-order valence-corrected chi connectivity index (χ1v) is 11.0. The molecule has 2 aromatic heterocycles. The van der Waals surface area contributed by atoms with E-state index in [9.17, 15) is 0 Å². The Morgan fingerprint density at radius 3 is 2.32 bits per heavy atom. The highest BCUT2D eigenvalue weighted by Crippen LogP contribution is 2.30. The van der Waals surface area contributed by atoms with Crippen LogP contribution in [0.5, 0.6) is 0 Å². The molecule has 7 heteroatoms. The van der Waals surface area contributed by atoms with E-state index >= 15 is 0 Å². The summed E-state index contributed by atoms with van der Waals surface area (Å²) >= 11 is 6.22. The summed E-state index contributed by atoms with van der Waals surface area (Å²) in [7, 11) is 0. The van der Waals surface area contributed by atoms with Gasteiger partial charge in [0.15, 0.2) is 11.5 Å². The van der Waals surface area contributed by atoms with Crippen LogP contribution in [0.15, 0.2) is 60.7 Å². The number of anilines is 1. The van der Waals surface area contributed by atoms with E-state index in [-0.39, 0.29) is 17.3 Å². The Labute approximate surface area is 186 Å². The Balaban J connectivity index is 1.45. The Morgan fingerprint density at radius 2 is 1.68 bits per heavy atom. The lowest BCUT2D eigenvalue weighted by atomic mass is 9.91. The molecule has 6 nitrogen and oxygen atoms in total. The molecule has 2 N–H and O–H groups in total. The molecule has 158 valence electrons. The molecule has 2 aromatic carbocycles. The van der Waals surface area contributed by atoms with Crippen LogP contribution in [-0.2, 0) is 4.74 Å². The predicted molar refractivity (Wildman–Crippen MR) is 122 cm³/mol. The van der Waals surface area contributed by atoms with Crippen molar-refractivity contribution in [2.24, 2.45) is 0 Å². The van der Waals surface area contributed by atoms with Gasteiger partial charge in [0.05, 0.1) is 0 Å². The second-order valence-electron chi connectivity index (χ2n) is 7.77. The van der Waals surface area contributed by atoms with E-state index in [1.165, 1.54) is 11.1 Å². The highest BCUT2D eigenvalue weighted by atomic mass is 35.5. The third-order valence-corrected chi connectivity index (χ3v) is 5.87. The van der Waals surface area contributed by atoms with Crippen LogP contribution in [-0.4, -0.2) is 33.1 Å². The van der Waals surface area contributed by atoms with Gasteiger partial charge in [0, 0.05) is 19.1 Å². The molecule has 0 saturated carbocycles. The first kappa shape index (κ1) is 20.0. The summed E-state index contributed by atoms with van der Waals surface area (Å²) in [5.41, 5.74) is 3.79. The second-order valence-corrected chi connectivity index (χ2v) is 8.11. The van der Waals surface area contributed by atoms with Crippen LogP contribution in [0.4, 0.5) is 5.82 Å². The zero-order chi connectivity index (χ0) is 21.0. The molecule has 1 aliphatic rings. The molecule has 3 heterocycles. The lowest BCUT2D eigenvalue weighted by Crippen LogP contribution is -2.15. The van der Waals surface area contributed by atoms with E-state index < -0.39 is 0 Å². The lowest BCUT2D eigenvalue weighted by molar-refractivity contribution is 0.0101.